The van der Waals surface area contributed by atoms with Crippen molar-refractivity contribution in [3.63, 3.8) is 0 Å². The minimum absolute atomic E-state index is 0.155. The van der Waals surface area contributed by atoms with Gasteiger partial charge in [-0.15, -0.1) is 5.10 Å². The monoisotopic (exact) mass is 267 g/mol. The molecule has 1 fully saturated rings. The predicted octanol–water partition coefficient (Wildman–Crippen LogP) is 1.72. The lowest BCUT2D eigenvalue weighted by molar-refractivity contribution is 0.194. The fourth-order valence-corrected chi connectivity index (χ4v) is 2.84. The zero-order valence-electron chi connectivity index (χ0n) is 12.2. The van der Waals surface area contributed by atoms with E-state index >= 15 is 0 Å². The molecule has 1 aromatic rings. The highest BCUT2D eigenvalue weighted by Crippen LogP contribution is 2.32. The Hall–Kier alpha value is -1.01. The van der Waals surface area contributed by atoms with E-state index in [9.17, 15) is 0 Å². The number of nitrogens with zero attached hydrogens (tertiary/aromatic N) is 4. The number of tetrazole rings is 1. The molecule has 6 nitrogen and oxygen atoms in total. The fourth-order valence-electron chi connectivity index (χ4n) is 2.84. The van der Waals surface area contributed by atoms with E-state index in [1.165, 1.54) is 25.7 Å². The van der Waals surface area contributed by atoms with E-state index in [1.807, 2.05) is 4.68 Å². The van der Waals surface area contributed by atoms with Crippen molar-refractivity contribution in [2.75, 3.05) is 20.3 Å². The highest BCUT2D eigenvalue weighted by atomic mass is 16.5. The van der Waals surface area contributed by atoms with Gasteiger partial charge in [-0.1, -0.05) is 19.8 Å². The number of hydrogen-bond acceptors (Lipinski definition) is 5. The summed E-state index contributed by atoms with van der Waals surface area (Å²) in [6, 6.07) is 0.614. The summed E-state index contributed by atoms with van der Waals surface area (Å²) in [4.78, 5) is 0. The first-order valence-corrected chi connectivity index (χ1v) is 7.22. The maximum Gasteiger partial charge on any atom is 0.168 e. The Morgan fingerprint density at radius 3 is 3.05 bits per heavy atom. The minimum atomic E-state index is 0.155. The lowest BCUT2D eigenvalue weighted by Gasteiger charge is -2.28. The van der Waals surface area contributed by atoms with Gasteiger partial charge in [0.1, 0.15) is 0 Å². The van der Waals surface area contributed by atoms with Crippen LogP contribution in [0.4, 0.5) is 0 Å². The molecule has 0 radical (unpaired) electrons. The third kappa shape index (κ3) is 3.73. The second-order valence-electron chi connectivity index (χ2n) is 5.58. The fraction of sp³-hybridized carbons (Fsp3) is 0.923. The van der Waals surface area contributed by atoms with Crippen LogP contribution in [0.2, 0.25) is 0 Å². The van der Waals surface area contributed by atoms with Gasteiger partial charge in [0.2, 0.25) is 0 Å². The molecule has 0 saturated heterocycles. The molecule has 1 aromatic heterocycles. The number of nitrogens with one attached hydrogen (secondary N) is 1. The Kier molecular flexibility index (Phi) is 5.27. The number of aromatic nitrogens is 4. The standard InChI is InChI=1S/C13H25N5O/c1-10-5-4-6-12(9-10)18-13(15-16-17-18)11(2)14-7-8-19-3/h10-12,14H,4-9H2,1-3H3. The second kappa shape index (κ2) is 6.96. The summed E-state index contributed by atoms with van der Waals surface area (Å²) in [5, 5.41) is 15.7. The number of hydrogen-bond donors (Lipinski definition) is 1. The molecular formula is C13H25N5O. The summed E-state index contributed by atoms with van der Waals surface area (Å²) < 4.78 is 7.08. The van der Waals surface area contributed by atoms with E-state index in [-0.39, 0.29) is 6.04 Å². The molecule has 0 amide bonds. The van der Waals surface area contributed by atoms with Crippen LogP contribution in [0.1, 0.15) is 57.4 Å². The van der Waals surface area contributed by atoms with Gasteiger partial charge in [-0.3, -0.25) is 0 Å². The lowest BCUT2D eigenvalue weighted by Crippen LogP contribution is -2.28. The van der Waals surface area contributed by atoms with Crippen LogP contribution in [0.25, 0.3) is 0 Å². The summed E-state index contributed by atoms with van der Waals surface area (Å²) in [6.07, 6.45) is 4.97. The molecule has 1 aliphatic rings. The second-order valence-corrected chi connectivity index (χ2v) is 5.58. The predicted molar refractivity (Wildman–Crippen MR) is 72.8 cm³/mol. The number of ether oxygens (including phenoxy) is 1. The molecule has 0 spiro atoms. The zero-order chi connectivity index (χ0) is 13.7. The van der Waals surface area contributed by atoms with Gasteiger partial charge >= 0.3 is 0 Å². The average Bonchev–Trinajstić information content (AvgIpc) is 2.88. The maximum absolute atomic E-state index is 5.05. The highest BCUT2D eigenvalue weighted by molar-refractivity contribution is 4.93. The van der Waals surface area contributed by atoms with Crippen LogP contribution in [0.15, 0.2) is 0 Å². The quantitative estimate of drug-likeness (QED) is 0.795. The Labute approximate surface area is 114 Å². The van der Waals surface area contributed by atoms with Gasteiger partial charge in [-0.2, -0.15) is 0 Å². The molecule has 1 heterocycles. The molecule has 1 saturated carbocycles. The third-order valence-corrected chi connectivity index (χ3v) is 3.92. The summed E-state index contributed by atoms with van der Waals surface area (Å²) in [5.41, 5.74) is 0. The largest absolute Gasteiger partial charge is 0.383 e. The molecule has 3 unspecified atom stereocenters. The summed E-state index contributed by atoms with van der Waals surface area (Å²) in [7, 11) is 1.71. The van der Waals surface area contributed by atoms with Crippen molar-refractivity contribution in [2.45, 2.75) is 51.6 Å². The van der Waals surface area contributed by atoms with E-state index in [0.29, 0.717) is 12.6 Å². The highest BCUT2D eigenvalue weighted by Gasteiger charge is 2.25. The molecule has 0 aromatic carbocycles. The van der Waals surface area contributed by atoms with E-state index in [4.69, 9.17) is 4.74 Å². The van der Waals surface area contributed by atoms with Crippen LogP contribution < -0.4 is 5.32 Å². The summed E-state index contributed by atoms with van der Waals surface area (Å²) >= 11 is 0. The zero-order valence-corrected chi connectivity index (χ0v) is 12.2. The van der Waals surface area contributed by atoms with Crippen LogP contribution in [0.5, 0.6) is 0 Å². The Morgan fingerprint density at radius 2 is 2.32 bits per heavy atom. The molecule has 1 N–H and O–H groups in total. The Bertz CT molecular complexity index is 381. The Morgan fingerprint density at radius 1 is 1.47 bits per heavy atom. The topological polar surface area (TPSA) is 64.9 Å². The van der Waals surface area contributed by atoms with Crippen molar-refractivity contribution in [2.24, 2.45) is 5.92 Å². The van der Waals surface area contributed by atoms with E-state index in [1.54, 1.807) is 7.11 Å². The van der Waals surface area contributed by atoms with Crippen LogP contribution in [0.3, 0.4) is 0 Å². The van der Waals surface area contributed by atoms with Crippen molar-refractivity contribution < 1.29 is 4.74 Å². The van der Waals surface area contributed by atoms with Gasteiger partial charge in [0, 0.05) is 13.7 Å². The molecule has 19 heavy (non-hydrogen) atoms. The van der Waals surface area contributed by atoms with Gasteiger partial charge in [-0.25, -0.2) is 4.68 Å². The first-order valence-electron chi connectivity index (χ1n) is 7.22. The van der Waals surface area contributed by atoms with Gasteiger partial charge in [0.25, 0.3) is 0 Å². The van der Waals surface area contributed by atoms with Crippen molar-refractivity contribution >= 4 is 0 Å². The Balaban J connectivity index is 2.00. The normalized spacial score (nSPS) is 25.4. The van der Waals surface area contributed by atoms with Gasteiger partial charge in [0.15, 0.2) is 5.82 Å². The summed E-state index contributed by atoms with van der Waals surface area (Å²) in [6.45, 7) is 5.93. The van der Waals surface area contributed by atoms with Crippen molar-refractivity contribution in [1.82, 2.24) is 25.5 Å². The molecular weight excluding hydrogens is 242 g/mol. The SMILES string of the molecule is COCCNC(C)c1nnnn1C1CCCC(C)C1. The first kappa shape index (κ1) is 14.4. The van der Waals surface area contributed by atoms with Gasteiger partial charge < -0.3 is 10.1 Å². The molecule has 2 rings (SSSR count). The van der Waals surface area contributed by atoms with E-state index in [2.05, 4.69) is 34.7 Å². The van der Waals surface area contributed by atoms with Crippen LogP contribution in [-0.4, -0.2) is 40.5 Å². The van der Waals surface area contributed by atoms with Crippen LogP contribution in [0, 0.1) is 5.92 Å². The van der Waals surface area contributed by atoms with Gasteiger partial charge in [0.05, 0.1) is 18.7 Å². The third-order valence-electron chi connectivity index (χ3n) is 3.92. The van der Waals surface area contributed by atoms with E-state index in [0.717, 1.165) is 18.3 Å². The van der Waals surface area contributed by atoms with Gasteiger partial charge in [-0.05, 0) is 36.1 Å². The molecule has 0 bridgehead atoms. The molecule has 3 atom stereocenters. The summed E-state index contributed by atoms with van der Waals surface area (Å²) in [5.74, 6) is 1.71. The van der Waals surface area contributed by atoms with Crippen molar-refractivity contribution in [3.05, 3.63) is 5.82 Å². The van der Waals surface area contributed by atoms with Crippen LogP contribution >= 0.6 is 0 Å². The minimum Gasteiger partial charge on any atom is -0.383 e. The van der Waals surface area contributed by atoms with E-state index < -0.39 is 0 Å². The molecule has 1 aliphatic carbocycles. The number of rotatable bonds is 6. The van der Waals surface area contributed by atoms with Crippen LogP contribution in [-0.2, 0) is 4.74 Å². The maximum atomic E-state index is 5.05. The molecule has 6 heteroatoms. The molecule has 108 valence electrons. The number of methoxy groups -OCH3 is 1. The smallest absolute Gasteiger partial charge is 0.168 e. The average molecular weight is 267 g/mol. The molecule has 0 aliphatic heterocycles. The lowest BCUT2D eigenvalue weighted by atomic mass is 9.87. The van der Waals surface area contributed by atoms with Crippen molar-refractivity contribution in [3.8, 4) is 0 Å². The van der Waals surface area contributed by atoms with Crippen molar-refractivity contribution in [1.29, 1.82) is 0 Å². The first-order chi connectivity index (χ1) is 9.22.